The van der Waals surface area contributed by atoms with Crippen LogP contribution in [0.3, 0.4) is 0 Å². The van der Waals surface area contributed by atoms with Crippen LogP contribution in [-0.2, 0) is 16.1 Å². The molecule has 88 valence electrons. The van der Waals surface area contributed by atoms with Gasteiger partial charge >= 0.3 is 5.97 Å². The second kappa shape index (κ2) is 6.93. The Morgan fingerprint density at radius 2 is 2.25 bits per heavy atom. The molecule has 0 atom stereocenters. The van der Waals surface area contributed by atoms with Gasteiger partial charge in [-0.05, 0) is 32.9 Å². The van der Waals surface area contributed by atoms with Gasteiger partial charge < -0.3 is 10.4 Å². The van der Waals surface area contributed by atoms with Gasteiger partial charge in [-0.25, -0.2) is 0 Å². The SMILES string of the molecule is O=C(O)CSCC(=O)NCc1ccsc1Br. The van der Waals surface area contributed by atoms with Crippen LogP contribution in [0.4, 0.5) is 0 Å². The standard InChI is InChI=1S/C9H10BrNO3S2/c10-9-6(1-2-16-9)3-11-7(12)4-15-5-8(13)14/h1-2H,3-5H2,(H,11,12)(H,13,14). The summed E-state index contributed by atoms with van der Waals surface area (Å²) in [5.74, 6) is -0.924. The van der Waals surface area contributed by atoms with E-state index in [9.17, 15) is 9.59 Å². The lowest BCUT2D eigenvalue weighted by atomic mass is 10.3. The number of nitrogens with one attached hydrogen (secondary N) is 1. The second-order valence-electron chi connectivity index (χ2n) is 2.88. The third-order valence-corrected chi connectivity index (χ3v) is 4.36. The number of amides is 1. The van der Waals surface area contributed by atoms with Crippen molar-refractivity contribution >= 4 is 50.9 Å². The average molecular weight is 324 g/mol. The molecule has 0 spiro atoms. The molecule has 0 saturated heterocycles. The van der Waals surface area contributed by atoms with Crippen molar-refractivity contribution in [3.05, 3.63) is 20.8 Å². The van der Waals surface area contributed by atoms with E-state index in [0.29, 0.717) is 6.54 Å². The highest BCUT2D eigenvalue weighted by molar-refractivity contribution is 9.11. The summed E-state index contributed by atoms with van der Waals surface area (Å²) >= 11 is 6.02. The molecule has 0 aliphatic heterocycles. The van der Waals surface area contributed by atoms with Crippen LogP contribution in [0.1, 0.15) is 5.56 Å². The van der Waals surface area contributed by atoms with Crippen molar-refractivity contribution in [2.45, 2.75) is 6.54 Å². The minimum Gasteiger partial charge on any atom is -0.481 e. The minimum atomic E-state index is -0.904. The smallest absolute Gasteiger partial charge is 0.313 e. The van der Waals surface area contributed by atoms with Gasteiger partial charge in [-0.15, -0.1) is 23.1 Å². The Labute approximate surface area is 110 Å². The molecule has 7 heteroatoms. The van der Waals surface area contributed by atoms with Gasteiger partial charge in [-0.1, -0.05) is 0 Å². The molecular formula is C9H10BrNO3S2. The van der Waals surface area contributed by atoms with Crippen LogP contribution in [0.25, 0.3) is 0 Å². The Hall–Kier alpha value is -0.530. The van der Waals surface area contributed by atoms with Crippen LogP contribution >= 0.6 is 39.0 Å². The van der Waals surface area contributed by atoms with Crippen LogP contribution < -0.4 is 5.32 Å². The molecule has 1 amide bonds. The van der Waals surface area contributed by atoms with Crippen molar-refractivity contribution in [2.24, 2.45) is 0 Å². The third-order valence-electron chi connectivity index (χ3n) is 1.63. The Morgan fingerprint density at radius 1 is 1.50 bits per heavy atom. The molecule has 1 heterocycles. The highest BCUT2D eigenvalue weighted by Gasteiger charge is 2.05. The Morgan fingerprint density at radius 3 is 2.81 bits per heavy atom. The fourth-order valence-electron chi connectivity index (χ4n) is 0.921. The number of thiophene rings is 1. The van der Waals surface area contributed by atoms with Gasteiger partial charge in [-0.3, -0.25) is 9.59 Å². The molecule has 16 heavy (non-hydrogen) atoms. The predicted molar refractivity (Wildman–Crippen MR) is 68.8 cm³/mol. The normalized spacial score (nSPS) is 10.1. The van der Waals surface area contributed by atoms with Crippen molar-refractivity contribution in [3.63, 3.8) is 0 Å². The van der Waals surface area contributed by atoms with Crippen molar-refractivity contribution in [1.29, 1.82) is 0 Å². The minimum absolute atomic E-state index is 0.0461. The van der Waals surface area contributed by atoms with Crippen molar-refractivity contribution in [1.82, 2.24) is 5.32 Å². The van der Waals surface area contributed by atoms with Gasteiger partial charge in [0.15, 0.2) is 0 Å². The fraction of sp³-hybridized carbons (Fsp3) is 0.333. The van der Waals surface area contributed by atoms with Crippen molar-refractivity contribution in [3.8, 4) is 0 Å². The van der Waals surface area contributed by atoms with E-state index in [4.69, 9.17) is 5.11 Å². The number of carbonyl (C=O) groups excluding carboxylic acids is 1. The van der Waals surface area contributed by atoms with E-state index < -0.39 is 5.97 Å². The Bertz CT molecular complexity index is 381. The maximum Gasteiger partial charge on any atom is 0.313 e. The number of halogens is 1. The molecule has 4 nitrogen and oxygen atoms in total. The summed E-state index contributed by atoms with van der Waals surface area (Å²) in [7, 11) is 0. The highest BCUT2D eigenvalue weighted by Crippen LogP contribution is 2.22. The van der Waals surface area contributed by atoms with Gasteiger partial charge in [0, 0.05) is 6.54 Å². The van der Waals surface area contributed by atoms with E-state index in [1.54, 1.807) is 11.3 Å². The van der Waals surface area contributed by atoms with Gasteiger partial charge in [0.25, 0.3) is 0 Å². The number of carboxylic acids is 1. The lowest BCUT2D eigenvalue weighted by molar-refractivity contribution is -0.133. The maximum absolute atomic E-state index is 11.3. The summed E-state index contributed by atoms with van der Waals surface area (Å²) in [6, 6.07) is 1.93. The molecular weight excluding hydrogens is 314 g/mol. The van der Waals surface area contributed by atoms with E-state index in [-0.39, 0.29) is 17.4 Å². The molecule has 0 saturated carbocycles. The Balaban J connectivity index is 2.20. The summed E-state index contributed by atoms with van der Waals surface area (Å²) in [5.41, 5.74) is 1.03. The molecule has 0 aromatic carbocycles. The lowest BCUT2D eigenvalue weighted by Gasteiger charge is -2.03. The highest BCUT2D eigenvalue weighted by atomic mass is 79.9. The van der Waals surface area contributed by atoms with Crippen LogP contribution in [0, 0.1) is 0 Å². The third kappa shape index (κ3) is 5.00. The number of carbonyl (C=O) groups is 2. The number of hydrogen-bond acceptors (Lipinski definition) is 4. The zero-order valence-electron chi connectivity index (χ0n) is 8.23. The van der Waals surface area contributed by atoms with Crippen LogP contribution in [0.15, 0.2) is 15.2 Å². The molecule has 2 N–H and O–H groups in total. The van der Waals surface area contributed by atoms with Crippen molar-refractivity contribution < 1.29 is 14.7 Å². The summed E-state index contributed by atoms with van der Waals surface area (Å²) in [6.45, 7) is 0.469. The van der Waals surface area contributed by atoms with Gasteiger partial charge in [0.1, 0.15) is 0 Å². The first-order valence-electron chi connectivity index (χ1n) is 4.37. The van der Waals surface area contributed by atoms with Crippen LogP contribution in [-0.4, -0.2) is 28.5 Å². The van der Waals surface area contributed by atoms with E-state index in [2.05, 4.69) is 21.2 Å². The fourth-order valence-corrected chi connectivity index (χ4v) is 2.72. The van der Waals surface area contributed by atoms with Crippen LogP contribution in [0.2, 0.25) is 0 Å². The Kier molecular flexibility index (Phi) is 5.86. The first kappa shape index (κ1) is 13.5. The second-order valence-corrected chi connectivity index (χ2v) is 6.10. The number of aliphatic carboxylic acids is 1. The molecule has 0 bridgehead atoms. The molecule has 1 rings (SSSR count). The average Bonchev–Trinajstić information content (AvgIpc) is 2.60. The molecule has 0 aliphatic carbocycles. The lowest BCUT2D eigenvalue weighted by Crippen LogP contribution is -2.25. The quantitative estimate of drug-likeness (QED) is 0.839. The zero-order chi connectivity index (χ0) is 12.0. The molecule has 1 aromatic rings. The van der Waals surface area contributed by atoms with Gasteiger partial charge in [0.05, 0.1) is 15.3 Å². The van der Waals surface area contributed by atoms with E-state index in [1.165, 1.54) is 0 Å². The summed E-state index contributed by atoms with van der Waals surface area (Å²) in [5, 5.41) is 13.0. The maximum atomic E-state index is 11.3. The first-order valence-corrected chi connectivity index (χ1v) is 7.20. The topological polar surface area (TPSA) is 66.4 Å². The molecule has 0 unspecified atom stereocenters. The number of carboxylic acid groups (broad SMARTS) is 1. The summed E-state index contributed by atoms with van der Waals surface area (Å²) < 4.78 is 1.01. The first-order chi connectivity index (χ1) is 7.59. The van der Waals surface area contributed by atoms with Gasteiger partial charge in [0.2, 0.25) is 5.91 Å². The molecule has 0 radical (unpaired) electrons. The molecule has 0 aliphatic rings. The largest absolute Gasteiger partial charge is 0.481 e. The van der Waals surface area contributed by atoms with Crippen LogP contribution in [0.5, 0.6) is 0 Å². The summed E-state index contributed by atoms with van der Waals surface area (Å²) in [6.07, 6.45) is 0. The molecule has 0 fully saturated rings. The number of thioether (sulfide) groups is 1. The van der Waals surface area contributed by atoms with E-state index in [0.717, 1.165) is 21.1 Å². The summed E-state index contributed by atoms with van der Waals surface area (Å²) in [4.78, 5) is 21.5. The monoisotopic (exact) mass is 323 g/mol. The van der Waals surface area contributed by atoms with Crippen molar-refractivity contribution in [2.75, 3.05) is 11.5 Å². The van der Waals surface area contributed by atoms with E-state index in [1.807, 2.05) is 11.4 Å². The predicted octanol–water partition coefficient (Wildman–Crippen LogP) is 1.94. The molecule has 1 aromatic heterocycles. The zero-order valence-corrected chi connectivity index (χ0v) is 11.5. The van der Waals surface area contributed by atoms with Gasteiger partial charge in [-0.2, -0.15) is 0 Å². The number of hydrogen-bond donors (Lipinski definition) is 2. The van der Waals surface area contributed by atoms with E-state index >= 15 is 0 Å². The number of rotatable bonds is 6.